The summed E-state index contributed by atoms with van der Waals surface area (Å²) in [4.78, 5) is 149. The number of phenols is 3. The number of aromatic nitrogens is 3. The molecule has 2 aromatic heterocycles. The topological polar surface area (TPSA) is 511 Å². The van der Waals surface area contributed by atoms with E-state index in [2.05, 4.69) is 62.8 Å². The van der Waals surface area contributed by atoms with Crippen LogP contribution in [0.2, 0.25) is 0 Å². The van der Waals surface area contributed by atoms with Gasteiger partial charge < -0.3 is 104 Å². The second-order valence-electron chi connectivity index (χ2n) is 21.9. The number of carboxylic acids is 1. The van der Waals surface area contributed by atoms with E-state index in [1.54, 1.807) is 36.7 Å². The number of carbonyl (C=O) groups is 10. The van der Waals surface area contributed by atoms with Crippen molar-refractivity contribution < 1.29 is 88.8 Å². The number of nitrogens with zero attached hydrogens (tertiary/aromatic N) is 1. The predicted molar refractivity (Wildman–Crippen MR) is 339 cm³/mol. The van der Waals surface area contributed by atoms with Crippen molar-refractivity contribution >= 4 is 81.8 Å². The van der Waals surface area contributed by atoms with E-state index in [4.69, 9.17) is 5.73 Å². The lowest BCUT2D eigenvalue weighted by atomic mass is 10.0. The van der Waals surface area contributed by atoms with Gasteiger partial charge in [0.25, 0.3) is 0 Å². The van der Waals surface area contributed by atoms with E-state index in [0.717, 1.165) is 0 Å². The molecule has 6 rings (SSSR count). The Hall–Kier alpha value is -10.1. The van der Waals surface area contributed by atoms with Crippen LogP contribution in [0.25, 0.3) is 10.9 Å². The molecule has 0 unspecified atom stereocenters. The Morgan fingerprint density at radius 2 is 0.840 bits per heavy atom. The number of aromatic hydroxyl groups is 3. The molecule has 0 saturated heterocycles. The summed E-state index contributed by atoms with van der Waals surface area (Å²) < 4.78 is 0. The van der Waals surface area contributed by atoms with E-state index < -0.39 is 145 Å². The number of hydrogen-bond donors (Lipinski definition) is 20. The van der Waals surface area contributed by atoms with Crippen LogP contribution in [0.15, 0.2) is 116 Å². The SMILES string of the molecule is CSCC[C@H](NC(=O)[C@H](Cc1ccc(O)cc1)NC(=O)[C@H](CO)NC(=O)[C@H](Cc1ccc(O)cc1)NC(=O)[C@H](CO)NC(=O)[C@H](CO)NC(=O)[C@@H](N)[C@@H](C)O)C(=O)N[C@@H](Cc1cnc[nH]1)C(=O)N[C@@H](Cc1c[nH]c2ccccc12)C(=O)N[C@@H](Cc1ccc(O)cc1)C(=O)O. The van der Waals surface area contributed by atoms with Crippen molar-refractivity contribution in [1.29, 1.82) is 0 Å². The molecule has 0 aliphatic carbocycles. The number of nitrogens with one attached hydrogen (secondary N) is 11. The minimum absolute atomic E-state index is 0.0665. The molecule has 0 bridgehead atoms. The van der Waals surface area contributed by atoms with Gasteiger partial charge in [0.1, 0.15) is 77.7 Å². The first-order valence-electron chi connectivity index (χ1n) is 29.5. The average molecular weight is 1320 g/mol. The number of aliphatic hydroxyl groups excluding tert-OH is 4. The molecular formula is C62H77N13O18S. The highest BCUT2D eigenvalue weighted by Crippen LogP contribution is 2.21. The molecule has 31 nitrogen and oxygen atoms in total. The number of para-hydroxylation sites is 1. The Bertz CT molecular complexity index is 3540. The zero-order valence-electron chi connectivity index (χ0n) is 51.0. The fraction of sp³-hybridized carbons (Fsp3) is 0.371. The lowest BCUT2D eigenvalue weighted by molar-refractivity contribution is -0.142. The van der Waals surface area contributed by atoms with Crippen LogP contribution in [-0.4, -0.2) is 213 Å². The number of thioether (sulfide) groups is 1. The van der Waals surface area contributed by atoms with E-state index in [9.17, 15) is 88.8 Å². The molecule has 504 valence electrons. The van der Waals surface area contributed by atoms with Crippen molar-refractivity contribution in [2.24, 2.45) is 5.73 Å². The van der Waals surface area contributed by atoms with Gasteiger partial charge in [0.2, 0.25) is 53.2 Å². The number of phenolic OH excluding ortho intramolecular Hbond substituents is 3. The third-order valence-corrected chi connectivity index (χ3v) is 15.5. The lowest BCUT2D eigenvalue weighted by Gasteiger charge is -2.28. The Morgan fingerprint density at radius 1 is 0.479 bits per heavy atom. The first-order valence-corrected chi connectivity index (χ1v) is 30.9. The summed E-state index contributed by atoms with van der Waals surface area (Å²) in [7, 11) is 0. The number of aliphatic carboxylic acids is 1. The molecule has 9 amide bonds. The van der Waals surface area contributed by atoms with E-state index in [0.29, 0.717) is 38.9 Å². The Kier molecular flexibility index (Phi) is 27.6. The number of amides is 9. The Balaban J connectivity index is 1.23. The summed E-state index contributed by atoms with van der Waals surface area (Å²) in [6.45, 7) is -2.05. The highest BCUT2D eigenvalue weighted by atomic mass is 32.2. The Morgan fingerprint density at radius 3 is 1.24 bits per heavy atom. The minimum atomic E-state index is -1.90. The molecule has 0 spiro atoms. The molecule has 21 N–H and O–H groups in total. The van der Waals surface area contributed by atoms with Gasteiger partial charge in [-0.05, 0) is 90.1 Å². The highest BCUT2D eigenvalue weighted by molar-refractivity contribution is 7.98. The molecule has 6 aromatic rings. The standard InChI is InChI=1S/C62H77N13O18S/c1-32(79)52(63)61(91)75-51(30-78)60(90)74-50(29-77)59(89)69-45(22-34-9-15-39(81)16-10-34)55(85)73-49(28-76)58(88)68-44(21-33-7-13-38(80)14-8-33)54(84)67-43(19-20-94-2)53(83)71-47(25-37-27-64-31-66-37)57(87)70-46(24-36-26-65-42-6-4-3-5-41(36)42)56(86)72-48(62(92)93)23-35-11-17-40(82)18-12-35/h3-18,26-27,31-32,43-52,65,76-82H,19-25,28-30,63H2,1-2H3,(H,64,66)(H,67,84)(H,68,88)(H,69,89)(H,70,87)(H,71,83)(H,72,86)(H,73,85)(H,74,90)(H,75,91)(H,92,93)/t32-,43+,44+,45+,46+,47+,48+,49+,50+,51+,52+/m1/s1. The van der Waals surface area contributed by atoms with Crippen LogP contribution in [0.3, 0.4) is 0 Å². The van der Waals surface area contributed by atoms with Gasteiger partial charge in [0.15, 0.2) is 0 Å². The second kappa shape index (κ2) is 35.6. The molecule has 0 saturated carbocycles. The number of H-pyrrole nitrogens is 2. The number of aromatic amines is 2. The molecule has 11 atom stereocenters. The van der Waals surface area contributed by atoms with Crippen LogP contribution < -0.4 is 53.6 Å². The number of fused-ring (bicyclic) bond motifs is 1. The fourth-order valence-electron chi connectivity index (χ4n) is 9.53. The van der Waals surface area contributed by atoms with Crippen LogP contribution in [0.1, 0.15) is 41.3 Å². The zero-order chi connectivity index (χ0) is 68.6. The summed E-state index contributed by atoms with van der Waals surface area (Å²) in [5.74, 6) is -11.1. The maximum atomic E-state index is 14.7. The van der Waals surface area contributed by atoms with Gasteiger partial charge in [-0.1, -0.05) is 54.6 Å². The van der Waals surface area contributed by atoms with Crippen molar-refractivity contribution in [3.05, 3.63) is 144 Å². The summed E-state index contributed by atoms with van der Waals surface area (Å²) in [5.41, 5.74) is 8.36. The van der Waals surface area contributed by atoms with Crippen molar-refractivity contribution in [3.63, 3.8) is 0 Å². The van der Waals surface area contributed by atoms with E-state index in [-0.39, 0.29) is 61.5 Å². The lowest BCUT2D eigenvalue weighted by Crippen LogP contribution is -2.62. The van der Waals surface area contributed by atoms with Gasteiger partial charge in [-0.25, -0.2) is 9.78 Å². The van der Waals surface area contributed by atoms with Crippen molar-refractivity contribution in [1.82, 2.24) is 62.8 Å². The van der Waals surface area contributed by atoms with Gasteiger partial charge in [-0.15, -0.1) is 0 Å². The number of aliphatic hydroxyl groups is 4. The van der Waals surface area contributed by atoms with E-state index in [1.807, 2.05) is 0 Å². The molecule has 2 heterocycles. The quantitative estimate of drug-likeness (QED) is 0.0181. The fourth-order valence-corrected chi connectivity index (χ4v) is 10.0. The smallest absolute Gasteiger partial charge is 0.326 e. The number of carboxylic acid groups (broad SMARTS) is 1. The highest BCUT2D eigenvalue weighted by Gasteiger charge is 2.37. The molecule has 0 aliphatic heterocycles. The first kappa shape index (κ1) is 72.9. The summed E-state index contributed by atoms with van der Waals surface area (Å²) in [6.07, 6.45) is 3.25. The van der Waals surface area contributed by atoms with Gasteiger partial charge in [-0.3, -0.25) is 43.2 Å². The van der Waals surface area contributed by atoms with Gasteiger partial charge in [0.05, 0.1) is 32.3 Å². The number of hydrogen-bond acceptors (Lipinski definition) is 20. The number of benzene rings is 4. The molecule has 0 radical (unpaired) electrons. The van der Waals surface area contributed by atoms with Crippen LogP contribution in [-0.2, 0) is 80.0 Å². The number of imidazole rings is 1. The second-order valence-corrected chi connectivity index (χ2v) is 22.9. The molecular weight excluding hydrogens is 1250 g/mol. The summed E-state index contributed by atoms with van der Waals surface area (Å²) in [5, 5.41) is 103. The van der Waals surface area contributed by atoms with Crippen molar-refractivity contribution in [2.45, 2.75) is 112 Å². The predicted octanol–water partition coefficient (Wildman–Crippen LogP) is -3.59. The summed E-state index contributed by atoms with van der Waals surface area (Å²) >= 11 is 1.29. The van der Waals surface area contributed by atoms with Crippen molar-refractivity contribution in [2.75, 3.05) is 31.8 Å². The third kappa shape index (κ3) is 21.8. The first-order chi connectivity index (χ1) is 44.9. The zero-order valence-corrected chi connectivity index (χ0v) is 51.8. The van der Waals surface area contributed by atoms with Gasteiger partial charge >= 0.3 is 5.97 Å². The van der Waals surface area contributed by atoms with Gasteiger partial charge in [-0.2, -0.15) is 11.8 Å². The van der Waals surface area contributed by atoms with Crippen LogP contribution in [0, 0.1) is 0 Å². The largest absolute Gasteiger partial charge is 0.508 e. The average Bonchev–Trinajstić information content (AvgIpc) is 1.63. The number of carbonyl (C=O) groups excluding carboxylic acids is 9. The maximum absolute atomic E-state index is 14.7. The molecule has 94 heavy (non-hydrogen) atoms. The van der Waals surface area contributed by atoms with Gasteiger partial charge in [0, 0.05) is 61.1 Å². The Labute approximate surface area is 541 Å². The van der Waals surface area contributed by atoms with E-state index in [1.165, 1.54) is 104 Å². The number of rotatable bonds is 36. The summed E-state index contributed by atoms with van der Waals surface area (Å²) in [6, 6.07) is 7.26. The maximum Gasteiger partial charge on any atom is 0.326 e. The molecule has 32 heteroatoms. The molecule has 0 fully saturated rings. The van der Waals surface area contributed by atoms with Crippen LogP contribution in [0.4, 0.5) is 0 Å². The number of nitrogens with two attached hydrogens (primary N) is 1. The molecule has 4 aromatic carbocycles. The third-order valence-electron chi connectivity index (χ3n) is 14.9. The van der Waals surface area contributed by atoms with E-state index >= 15 is 0 Å². The molecule has 0 aliphatic rings. The normalized spacial score (nSPS) is 14.7. The minimum Gasteiger partial charge on any atom is -0.508 e. The van der Waals surface area contributed by atoms with Crippen LogP contribution >= 0.6 is 11.8 Å². The van der Waals surface area contributed by atoms with Crippen molar-refractivity contribution in [3.8, 4) is 17.2 Å². The monoisotopic (exact) mass is 1320 g/mol. The van der Waals surface area contributed by atoms with Crippen LogP contribution in [0.5, 0.6) is 17.2 Å².